The van der Waals surface area contributed by atoms with Crippen LogP contribution in [0.2, 0.25) is 5.02 Å². The number of hydrogen-bond acceptors (Lipinski definition) is 3. The maximum absolute atomic E-state index is 12.1. The molecule has 7 heteroatoms. The van der Waals surface area contributed by atoms with Gasteiger partial charge in [0.05, 0.1) is 5.02 Å². The first-order chi connectivity index (χ1) is 9.83. The Morgan fingerprint density at radius 2 is 1.71 bits per heavy atom. The summed E-state index contributed by atoms with van der Waals surface area (Å²) in [5.41, 5.74) is 6.77. The van der Waals surface area contributed by atoms with Crippen LogP contribution < -0.4 is 15.2 Å². The highest BCUT2D eigenvalue weighted by Gasteiger charge is 2.32. The van der Waals surface area contributed by atoms with Gasteiger partial charge in [-0.3, -0.25) is 0 Å². The fraction of sp³-hybridized carbons (Fsp3) is 0.143. The maximum atomic E-state index is 12.1. The average molecular weight is 318 g/mol. The Morgan fingerprint density at radius 1 is 1.05 bits per heavy atom. The minimum Gasteiger partial charge on any atom is -0.489 e. The number of rotatable bonds is 4. The van der Waals surface area contributed by atoms with E-state index in [0.29, 0.717) is 17.0 Å². The molecular weight excluding hydrogens is 307 g/mol. The number of alkyl halides is 3. The summed E-state index contributed by atoms with van der Waals surface area (Å²) < 4.78 is 45.6. The highest BCUT2D eigenvalue weighted by Crippen LogP contribution is 2.31. The first-order valence-corrected chi connectivity index (χ1v) is 6.24. The Bertz CT molecular complexity index is 615. The van der Waals surface area contributed by atoms with Crippen LogP contribution in [0.1, 0.15) is 5.56 Å². The first kappa shape index (κ1) is 15.3. The molecule has 0 saturated heterocycles. The van der Waals surface area contributed by atoms with Gasteiger partial charge in [-0.2, -0.15) is 0 Å². The highest BCUT2D eigenvalue weighted by molar-refractivity contribution is 6.32. The van der Waals surface area contributed by atoms with Gasteiger partial charge in [0.25, 0.3) is 0 Å². The van der Waals surface area contributed by atoms with Crippen LogP contribution in [-0.4, -0.2) is 6.36 Å². The predicted molar refractivity (Wildman–Crippen MR) is 73.3 cm³/mol. The molecule has 0 aliphatic heterocycles. The molecule has 0 aliphatic carbocycles. The van der Waals surface area contributed by atoms with Crippen molar-refractivity contribution >= 4 is 17.3 Å². The summed E-state index contributed by atoms with van der Waals surface area (Å²) in [6.07, 6.45) is -4.77. The summed E-state index contributed by atoms with van der Waals surface area (Å²) in [5.74, 6) is 0.149. The number of nitrogen functional groups attached to an aromatic ring is 1. The third kappa shape index (κ3) is 4.75. The number of anilines is 1. The molecular formula is C14H11ClF3NO2. The molecule has 3 nitrogen and oxygen atoms in total. The lowest BCUT2D eigenvalue weighted by atomic mass is 10.2. The normalized spacial score (nSPS) is 11.2. The van der Waals surface area contributed by atoms with Crippen molar-refractivity contribution in [2.75, 3.05) is 5.73 Å². The molecule has 0 aromatic heterocycles. The van der Waals surface area contributed by atoms with Crippen molar-refractivity contribution in [3.63, 3.8) is 0 Å². The summed E-state index contributed by atoms with van der Waals surface area (Å²) in [4.78, 5) is 0. The standard InChI is InChI=1S/C14H11ClF3NO2/c15-12-7-9(1-6-13(12)21-14(16,17)18)8-20-11-4-2-10(19)3-5-11/h1-7H,8,19H2. The third-order valence-corrected chi connectivity index (χ3v) is 2.80. The summed E-state index contributed by atoms with van der Waals surface area (Å²) in [7, 11) is 0. The molecule has 0 heterocycles. The quantitative estimate of drug-likeness (QED) is 0.850. The maximum Gasteiger partial charge on any atom is 0.573 e. The lowest BCUT2D eigenvalue weighted by Gasteiger charge is -2.12. The molecule has 2 N–H and O–H groups in total. The Labute approximate surface area is 124 Å². The molecule has 0 amide bonds. The smallest absolute Gasteiger partial charge is 0.489 e. The molecule has 0 saturated carbocycles. The van der Waals surface area contributed by atoms with Crippen molar-refractivity contribution in [2.45, 2.75) is 13.0 Å². The van der Waals surface area contributed by atoms with Crippen molar-refractivity contribution in [1.82, 2.24) is 0 Å². The van der Waals surface area contributed by atoms with Crippen LogP contribution in [0.4, 0.5) is 18.9 Å². The largest absolute Gasteiger partial charge is 0.573 e. The summed E-state index contributed by atoms with van der Waals surface area (Å²) in [6.45, 7) is 0.163. The lowest BCUT2D eigenvalue weighted by molar-refractivity contribution is -0.274. The van der Waals surface area contributed by atoms with Crippen molar-refractivity contribution in [2.24, 2.45) is 0 Å². The third-order valence-electron chi connectivity index (χ3n) is 2.51. The Hall–Kier alpha value is -2.08. The highest BCUT2D eigenvalue weighted by atomic mass is 35.5. The van der Waals surface area contributed by atoms with Gasteiger partial charge in [0.1, 0.15) is 18.1 Å². The van der Waals surface area contributed by atoms with E-state index < -0.39 is 12.1 Å². The van der Waals surface area contributed by atoms with Crippen molar-refractivity contribution in [3.05, 3.63) is 53.1 Å². The molecule has 2 aromatic rings. The fourth-order valence-corrected chi connectivity index (χ4v) is 1.81. The second-order valence-electron chi connectivity index (χ2n) is 4.17. The van der Waals surface area contributed by atoms with Crippen LogP contribution in [0.5, 0.6) is 11.5 Å². The van der Waals surface area contributed by atoms with E-state index in [0.717, 1.165) is 6.07 Å². The molecule has 0 atom stereocenters. The molecule has 0 aliphatic rings. The number of benzene rings is 2. The van der Waals surface area contributed by atoms with Crippen LogP contribution in [0.3, 0.4) is 0 Å². The van der Waals surface area contributed by atoms with Gasteiger partial charge in [-0.15, -0.1) is 13.2 Å². The molecule has 112 valence electrons. The van der Waals surface area contributed by atoms with E-state index in [9.17, 15) is 13.2 Å². The Kier molecular flexibility index (Phi) is 4.47. The van der Waals surface area contributed by atoms with E-state index in [-0.39, 0.29) is 11.6 Å². The van der Waals surface area contributed by atoms with E-state index in [4.69, 9.17) is 22.1 Å². The monoisotopic (exact) mass is 317 g/mol. The molecule has 0 unspecified atom stereocenters. The second kappa shape index (κ2) is 6.13. The Balaban J connectivity index is 2.01. The van der Waals surface area contributed by atoms with Crippen LogP contribution in [0.25, 0.3) is 0 Å². The zero-order chi connectivity index (χ0) is 15.5. The molecule has 0 fully saturated rings. The first-order valence-electron chi connectivity index (χ1n) is 5.86. The van der Waals surface area contributed by atoms with E-state index in [1.165, 1.54) is 12.1 Å². The van der Waals surface area contributed by atoms with Gasteiger partial charge in [0, 0.05) is 5.69 Å². The predicted octanol–water partition coefficient (Wildman–Crippen LogP) is 4.40. The van der Waals surface area contributed by atoms with Crippen LogP contribution in [-0.2, 0) is 6.61 Å². The lowest BCUT2D eigenvalue weighted by Crippen LogP contribution is -2.17. The molecule has 2 rings (SSSR count). The number of hydrogen-bond donors (Lipinski definition) is 1. The zero-order valence-electron chi connectivity index (χ0n) is 10.7. The van der Waals surface area contributed by atoms with E-state index >= 15 is 0 Å². The number of ether oxygens (including phenoxy) is 2. The average Bonchev–Trinajstić information content (AvgIpc) is 2.40. The SMILES string of the molecule is Nc1ccc(OCc2ccc(OC(F)(F)F)c(Cl)c2)cc1. The second-order valence-corrected chi connectivity index (χ2v) is 4.58. The van der Waals surface area contributed by atoms with Crippen molar-refractivity contribution < 1.29 is 22.6 Å². The number of nitrogens with two attached hydrogens (primary N) is 1. The van der Waals surface area contributed by atoms with E-state index in [2.05, 4.69) is 4.74 Å². The van der Waals surface area contributed by atoms with Crippen LogP contribution >= 0.6 is 11.6 Å². The van der Waals surface area contributed by atoms with Crippen molar-refractivity contribution in [3.8, 4) is 11.5 Å². The van der Waals surface area contributed by atoms with Crippen LogP contribution in [0.15, 0.2) is 42.5 Å². The van der Waals surface area contributed by atoms with Gasteiger partial charge in [-0.1, -0.05) is 17.7 Å². The van der Waals surface area contributed by atoms with E-state index in [1.807, 2.05) is 0 Å². The number of halogens is 4. The zero-order valence-corrected chi connectivity index (χ0v) is 11.4. The van der Waals surface area contributed by atoms with Gasteiger partial charge in [-0.25, -0.2) is 0 Å². The van der Waals surface area contributed by atoms with Gasteiger partial charge >= 0.3 is 6.36 Å². The van der Waals surface area contributed by atoms with E-state index in [1.54, 1.807) is 24.3 Å². The summed E-state index contributed by atoms with van der Waals surface area (Å²) >= 11 is 5.74. The molecule has 2 aromatic carbocycles. The minimum atomic E-state index is -4.77. The Morgan fingerprint density at radius 3 is 2.29 bits per heavy atom. The molecule has 21 heavy (non-hydrogen) atoms. The summed E-state index contributed by atoms with van der Waals surface area (Å²) in [6, 6.07) is 10.7. The molecule has 0 radical (unpaired) electrons. The van der Waals surface area contributed by atoms with Crippen LogP contribution in [0, 0.1) is 0 Å². The molecule has 0 spiro atoms. The molecule has 0 bridgehead atoms. The van der Waals surface area contributed by atoms with Crippen molar-refractivity contribution in [1.29, 1.82) is 0 Å². The fourth-order valence-electron chi connectivity index (χ4n) is 1.57. The topological polar surface area (TPSA) is 44.5 Å². The minimum absolute atomic E-state index is 0.134. The van der Waals surface area contributed by atoms with Gasteiger partial charge in [0.15, 0.2) is 0 Å². The van der Waals surface area contributed by atoms with Gasteiger partial charge in [-0.05, 0) is 42.0 Å². The van der Waals surface area contributed by atoms with Gasteiger partial charge < -0.3 is 15.2 Å². The summed E-state index contributed by atoms with van der Waals surface area (Å²) in [5, 5.41) is -0.134. The van der Waals surface area contributed by atoms with Gasteiger partial charge in [0.2, 0.25) is 0 Å².